The van der Waals surface area contributed by atoms with E-state index in [0.717, 1.165) is 31.8 Å². The zero-order valence-corrected chi connectivity index (χ0v) is 16.9. The van der Waals surface area contributed by atoms with E-state index in [1.807, 2.05) is 6.07 Å². The lowest BCUT2D eigenvalue weighted by molar-refractivity contribution is 0.0788. The summed E-state index contributed by atoms with van der Waals surface area (Å²) in [6.45, 7) is 2.76. The molecule has 1 amide bonds. The van der Waals surface area contributed by atoms with Crippen LogP contribution in [0.1, 0.15) is 52.7 Å². The van der Waals surface area contributed by atoms with Crippen molar-refractivity contribution in [3.63, 3.8) is 0 Å². The molecule has 1 aliphatic heterocycles. The average Bonchev–Trinajstić information content (AvgIpc) is 3.10. The highest BCUT2D eigenvalue weighted by atomic mass is 16.4. The Kier molecular flexibility index (Phi) is 6.34. The van der Waals surface area contributed by atoms with Crippen LogP contribution in [0.15, 0.2) is 40.8 Å². The van der Waals surface area contributed by atoms with Crippen molar-refractivity contribution in [2.24, 2.45) is 0 Å². The lowest BCUT2D eigenvalue weighted by Gasteiger charge is -2.35. The molecule has 146 valence electrons. The molecule has 0 radical (unpaired) electrons. The van der Waals surface area contributed by atoms with E-state index in [1.165, 1.54) is 24.0 Å². The molecule has 1 fully saturated rings. The predicted molar refractivity (Wildman–Crippen MR) is 108 cm³/mol. The molecule has 5 nitrogen and oxygen atoms in total. The normalized spacial score (nSPS) is 18.0. The van der Waals surface area contributed by atoms with Crippen LogP contribution in [0.3, 0.4) is 0 Å². The summed E-state index contributed by atoms with van der Waals surface area (Å²) in [4.78, 5) is 18.3. The van der Waals surface area contributed by atoms with Gasteiger partial charge in [0.2, 0.25) is 0 Å². The number of furan rings is 1. The van der Waals surface area contributed by atoms with Crippen molar-refractivity contribution in [1.82, 2.24) is 14.7 Å². The van der Waals surface area contributed by atoms with E-state index in [0.29, 0.717) is 11.8 Å². The number of hydrogen-bond donors (Lipinski definition) is 0. The Morgan fingerprint density at radius 2 is 1.81 bits per heavy atom. The second kappa shape index (κ2) is 8.72. The molecule has 2 aromatic rings. The van der Waals surface area contributed by atoms with Crippen LogP contribution >= 0.6 is 0 Å². The number of carbonyl (C=O) groups excluding carboxylic acids is 1. The third-order valence-electron chi connectivity index (χ3n) is 5.11. The van der Waals surface area contributed by atoms with Gasteiger partial charge in [-0.15, -0.1) is 0 Å². The number of carbonyl (C=O) groups is 1. The monoisotopic (exact) mass is 369 g/mol. The minimum absolute atomic E-state index is 0.0899. The summed E-state index contributed by atoms with van der Waals surface area (Å²) in [6, 6.07) is 13.1. The van der Waals surface area contributed by atoms with Crippen LogP contribution in [0.5, 0.6) is 0 Å². The van der Waals surface area contributed by atoms with E-state index in [9.17, 15) is 4.79 Å². The highest BCUT2D eigenvalue weighted by molar-refractivity contribution is 5.91. The van der Waals surface area contributed by atoms with Crippen molar-refractivity contribution in [2.75, 3.05) is 34.7 Å². The molecule has 0 bridgehead atoms. The number of hydrogen-bond acceptors (Lipinski definition) is 4. The summed E-state index contributed by atoms with van der Waals surface area (Å²) < 4.78 is 5.82. The molecule has 1 saturated heterocycles. The number of amides is 1. The molecule has 1 aromatic heterocycles. The summed E-state index contributed by atoms with van der Waals surface area (Å²) >= 11 is 0. The lowest BCUT2D eigenvalue weighted by Crippen LogP contribution is -2.32. The summed E-state index contributed by atoms with van der Waals surface area (Å²) in [5.74, 6) is 1.18. The summed E-state index contributed by atoms with van der Waals surface area (Å²) in [5, 5.41) is 0. The first-order chi connectivity index (χ1) is 12.9. The van der Waals surface area contributed by atoms with Crippen LogP contribution in [0.2, 0.25) is 0 Å². The van der Waals surface area contributed by atoms with E-state index < -0.39 is 0 Å². The van der Waals surface area contributed by atoms with Crippen LogP contribution in [0.25, 0.3) is 0 Å². The van der Waals surface area contributed by atoms with Gasteiger partial charge in [0.1, 0.15) is 5.76 Å². The van der Waals surface area contributed by atoms with E-state index in [-0.39, 0.29) is 5.91 Å². The first-order valence-corrected chi connectivity index (χ1v) is 9.72. The largest absolute Gasteiger partial charge is 0.455 e. The van der Waals surface area contributed by atoms with Gasteiger partial charge in [0.15, 0.2) is 5.76 Å². The molecule has 27 heavy (non-hydrogen) atoms. The van der Waals surface area contributed by atoms with Crippen LogP contribution in [-0.4, -0.2) is 55.3 Å². The molecular formula is C22H31N3O2. The predicted octanol–water partition coefficient (Wildman–Crippen LogP) is 3.77. The van der Waals surface area contributed by atoms with Gasteiger partial charge in [0, 0.05) is 26.7 Å². The van der Waals surface area contributed by atoms with Crippen molar-refractivity contribution in [3.8, 4) is 0 Å². The second-order valence-electron chi connectivity index (χ2n) is 7.93. The number of benzene rings is 1. The van der Waals surface area contributed by atoms with Crippen molar-refractivity contribution in [2.45, 2.75) is 38.4 Å². The molecule has 1 atom stereocenters. The fourth-order valence-electron chi connectivity index (χ4n) is 3.77. The molecule has 1 aliphatic rings. The topological polar surface area (TPSA) is 39.9 Å². The lowest BCUT2D eigenvalue weighted by atomic mass is 9.94. The maximum Gasteiger partial charge on any atom is 0.289 e. The van der Waals surface area contributed by atoms with Gasteiger partial charge in [-0.05, 0) is 56.7 Å². The van der Waals surface area contributed by atoms with Crippen molar-refractivity contribution >= 4 is 5.91 Å². The van der Waals surface area contributed by atoms with Crippen LogP contribution in [0.4, 0.5) is 0 Å². The minimum Gasteiger partial charge on any atom is -0.455 e. The van der Waals surface area contributed by atoms with Gasteiger partial charge in [-0.1, -0.05) is 30.7 Å². The summed E-state index contributed by atoms with van der Waals surface area (Å²) in [7, 11) is 7.67. The van der Waals surface area contributed by atoms with Crippen LogP contribution in [0, 0.1) is 0 Å². The highest BCUT2D eigenvalue weighted by Gasteiger charge is 2.25. The first kappa shape index (κ1) is 19.6. The number of likely N-dealkylation sites (tertiary alicyclic amines) is 1. The molecule has 0 saturated carbocycles. The Hall–Kier alpha value is -2.11. The SMILES string of the molecule is CN(C)Cc1ccc([C@H]2CCCCN2Cc2ccc(C(=O)N(C)C)o2)cc1. The minimum atomic E-state index is -0.0899. The fourth-order valence-corrected chi connectivity index (χ4v) is 3.77. The Labute approximate surface area is 162 Å². The molecule has 0 aliphatic carbocycles. The average molecular weight is 370 g/mol. The van der Waals surface area contributed by atoms with E-state index in [1.54, 1.807) is 25.1 Å². The van der Waals surface area contributed by atoms with Crippen molar-refractivity contribution in [3.05, 3.63) is 59.0 Å². The third kappa shape index (κ3) is 4.99. The Morgan fingerprint density at radius 1 is 1.07 bits per heavy atom. The second-order valence-corrected chi connectivity index (χ2v) is 7.93. The Balaban J connectivity index is 1.71. The van der Waals surface area contributed by atoms with Crippen molar-refractivity contribution in [1.29, 1.82) is 0 Å². The molecule has 0 N–H and O–H groups in total. The number of rotatable bonds is 6. The molecule has 0 unspecified atom stereocenters. The number of nitrogens with zero attached hydrogens (tertiary/aromatic N) is 3. The fraction of sp³-hybridized carbons (Fsp3) is 0.500. The molecule has 3 rings (SSSR count). The van der Waals surface area contributed by atoms with E-state index >= 15 is 0 Å². The molecule has 1 aromatic carbocycles. The maximum atomic E-state index is 12.1. The molecular weight excluding hydrogens is 338 g/mol. The van der Waals surface area contributed by atoms with Crippen LogP contribution < -0.4 is 0 Å². The van der Waals surface area contributed by atoms with Gasteiger partial charge < -0.3 is 14.2 Å². The molecule has 0 spiro atoms. The van der Waals surface area contributed by atoms with Gasteiger partial charge >= 0.3 is 0 Å². The number of piperidine rings is 1. The standard InChI is InChI=1S/C22H31N3O2/c1-23(2)15-17-8-10-18(11-9-17)20-7-5-6-14-25(20)16-19-12-13-21(27-19)22(26)24(3)4/h8-13,20H,5-7,14-16H2,1-4H3/t20-/m1/s1. The highest BCUT2D eigenvalue weighted by Crippen LogP contribution is 2.32. The van der Waals surface area contributed by atoms with Gasteiger partial charge in [0.05, 0.1) is 6.54 Å². The third-order valence-corrected chi connectivity index (χ3v) is 5.11. The van der Waals surface area contributed by atoms with Crippen LogP contribution in [-0.2, 0) is 13.1 Å². The maximum absolute atomic E-state index is 12.1. The Morgan fingerprint density at radius 3 is 2.48 bits per heavy atom. The van der Waals surface area contributed by atoms with Gasteiger partial charge in [-0.3, -0.25) is 9.69 Å². The smallest absolute Gasteiger partial charge is 0.289 e. The first-order valence-electron chi connectivity index (χ1n) is 9.72. The van der Waals surface area contributed by atoms with E-state index in [4.69, 9.17) is 4.42 Å². The van der Waals surface area contributed by atoms with Gasteiger partial charge in [0.25, 0.3) is 5.91 Å². The summed E-state index contributed by atoms with van der Waals surface area (Å²) in [6.07, 6.45) is 3.62. The van der Waals surface area contributed by atoms with Gasteiger partial charge in [-0.2, -0.15) is 0 Å². The zero-order valence-electron chi connectivity index (χ0n) is 16.9. The zero-order chi connectivity index (χ0) is 19.4. The Bertz CT molecular complexity index is 749. The molecule has 5 heteroatoms. The summed E-state index contributed by atoms with van der Waals surface area (Å²) in [5.41, 5.74) is 2.71. The van der Waals surface area contributed by atoms with E-state index in [2.05, 4.69) is 48.2 Å². The van der Waals surface area contributed by atoms with Crippen molar-refractivity contribution < 1.29 is 9.21 Å². The molecule has 2 heterocycles. The quantitative estimate of drug-likeness (QED) is 0.777. The van der Waals surface area contributed by atoms with Gasteiger partial charge in [-0.25, -0.2) is 0 Å².